The van der Waals surface area contributed by atoms with Crippen LogP contribution in [0.25, 0.3) is 0 Å². The van der Waals surface area contributed by atoms with E-state index in [1.54, 1.807) is 31.3 Å². The van der Waals surface area contributed by atoms with Gasteiger partial charge in [-0.15, -0.1) is 0 Å². The molecule has 0 saturated carbocycles. The molecule has 3 rings (SSSR count). The second-order valence-corrected chi connectivity index (χ2v) is 8.01. The maximum Gasteiger partial charge on any atom is 0.416 e. The van der Waals surface area contributed by atoms with E-state index in [-0.39, 0.29) is 6.42 Å². The van der Waals surface area contributed by atoms with Crippen LogP contribution >= 0.6 is 11.9 Å². The quantitative estimate of drug-likeness (QED) is 0.542. The van der Waals surface area contributed by atoms with Gasteiger partial charge in [0.15, 0.2) is 0 Å². The summed E-state index contributed by atoms with van der Waals surface area (Å²) in [5, 5.41) is 12.5. The summed E-state index contributed by atoms with van der Waals surface area (Å²) in [5.41, 5.74) is 0.442. The van der Waals surface area contributed by atoms with Gasteiger partial charge in [-0.05, 0) is 36.6 Å². The van der Waals surface area contributed by atoms with Crippen LogP contribution < -0.4 is 5.32 Å². The van der Waals surface area contributed by atoms with Crippen molar-refractivity contribution in [1.82, 2.24) is 14.5 Å². The van der Waals surface area contributed by atoms with Gasteiger partial charge in [0.2, 0.25) is 0 Å². The number of nitrogens with one attached hydrogen (secondary N) is 1. The van der Waals surface area contributed by atoms with E-state index in [1.165, 1.54) is 4.90 Å². The minimum Gasteiger partial charge on any atom is -0.388 e. The van der Waals surface area contributed by atoms with Crippen LogP contribution in [0.5, 0.6) is 0 Å². The molecule has 0 spiro atoms. The molecule has 8 heteroatoms. The molecule has 0 aromatic heterocycles. The Morgan fingerprint density at radius 1 is 1.13 bits per heavy atom. The number of hydrogen-bond acceptors (Lipinski definition) is 5. The minimum atomic E-state index is -4.42. The summed E-state index contributed by atoms with van der Waals surface area (Å²) in [7, 11) is 1.56. The van der Waals surface area contributed by atoms with Crippen molar-refractivity contribution in [2.75, 3.05) is 33.2 Å². The van der Waals surface area contributed by atoms with Gasteiger partial charge in [0.25, 0.3) is 0 Å². The first kappa shape index (κ1) is 22.1. The van der Waals surface area contributed by atoms with Crippen LogP contribution in [-0.4, -0.2) is 48.6 Å². The van der Waals surface area contributed by atoms with E-state index in [0.29, 0.717) is 16.8 Å². The Bertz CT molecular complexity index is 903. The molecule has 0 unspecified atom stereocenters. The zero-order valence-electron chi connectivity index (χ0n) is 16.6. The molecule has 4 nitrogen and oxygen atoms in total. The predicted octanol–water partition coefficient (Wildman–Crippen LogP) is 4.64. The molecular formula is C22H23F3N4S. The van der Waals surface area contributed by atoms with Crippen molar-refractivity contribution >= 4 is 11.9 Å². The molecule has 2 aliphatic rings. The zero-order chi connectivity index (χ0) is 21.6. The van der Waals surface area contributed by atoms with Gasteiger partial charge in [0.05, 0.1) is 11.1 Å². The van der Waals surface area contributed by atoms with Gasteiger partial charge in [0.1, 0.15) is 6.07 Å². The van der Waals surface area contributed by atoms with Crippen molar-refractivity contribution in [3.8, 4) is 6.07 Å². The van der Waals surface area contributed by atoms with E-state index < -0.39 is 11.7 Å². The van der Waals surface area contributed by atoms with Crippen molar-refractivity contribution in [3.05, 3.63) is 77.2 Å². The monoisotopic (exact) mass is 432 g/mol. The number of likely N-dealkylation sites (N-methyl/N-ethyl adjacent to an activating group) is 1. The first-order chi connectivity index (χ1) is 14.4. The van der Waals surface area contributed by atoms with Crippen molar-refractivity contribution in [2.45, 2.75) is 17.5 Å². The lowest BCUT2D eigenvalue weighted by Gasteiger charge is -2.33. The number of nitriles is 1. The van der Waals surface area contributed by atoms with E-state index in [0.717, 1.165) is 38.3 Å². The first-order valence-corrected chi connectivity index (χ1v) is 10.4. The molecule has 1 fully saturated rings. The van der Waals surface area contributed by atoms with Crippen molar-refractivity contribution in [2.24, 2.45) is 0 Å². The lowest BCUT2D eigenvalue weighted by atomic mass is 10.0. The SMILES string of the molecule is CNC1=CC(C(F)(F)F)=CCC=C1/C(C#N)=C/N1CCN(Sc2ccccc2)CC1. The fourth-order valence-electron chi connectivity index (χ4n) is 3.26. The lowest BCUT2D eigenvalue weighted by molar-refractivity contribution is -0.0884. The third kappa shape index (κ3) is 5.71. The predicted molar refractivity (Wildman–Crippen MR) is 113 cm³/mol. The highest BCUT2D eigenvalue weighted by Gasteiger charge is 2.33. The maximum absolute atomic E-state index is 13.1. The van der Waals surface area contributed by atoms with Crippen LogP contribution in [0.3, 0.4) is 0 Å². The Kier molecular flexibility index (Phi) is 7.29. The minimum absolute atomic E-state index is 0.117. The Morgan fingerprint density at radius 3 is 2.43 bits per heavy atom. The Hall–Kier alpha value is -2.63. The number of piperazine rings is 1. The van der Waals surface area contributed by atoms with Crippen LogP contribution in [0, 0.1) is 11.3 Å². The van der Waals surface area contributed by atoms with Gasteiger partial charge in [-0.1, -0.05) is 30.4 Å². The third-order valence-electron chi connectivity index (χ3n) is 4.82. The molecule has 30 heavy (non-hydrogen) atoms. The molecule has 0 radical (unpaired) electrons. The van der Waals surface area contributed by atoms with Crippen LogP contribution in [-0.2, 0) is 0 Å². The Balaban J connectivity index is 1.69. The maximum atomic E-state index is 13.1. The summed E-state index contributed by atoms with van der Waals surface area (Å²) in [6.07, 6.45) is 1.33. The average Bonchev–Trinajstić information content (AvgIpc) is 2.96. The fourth-order valence-corrected chi connectivity index (χ4v) is 4.18. The summed E-state index contributed by atoms with van der Waals surface area (Å²) in [6.45, 7) is 3.12. The molecule has 1 N–H and O–H groups in total. The van der Waals surface area contributed by atoms with E-state index in [2.05, 4.69) is 32.7 Å². The molecule has 1 aliphatic heterocycles. The molecule has 0 bridgehead atoms. The molecule has 1 heterocycles. The fraction of sp³-hybridized carbons (Fsp3) is 0.318. The second-order valence-electron chi connectivity index (χ2n) is 6.84. The number of hydrogen-bond donors (Lipinski definition) is 1. The number of allylic oxidation sites excluding steroid dienone is 5. The van der Waals surface area contributed by atoms with Crippen molar-refractivity contribution in [3.63, 3.8) is 0 Å². The van der Waals surface area contributed by atoms with Gasteiger partial charge in [-0.25, -0.2) is 4.31 Å². The summed E-state index contributed by atoms with van der Waals surface area (Å²) in [6, 6.07) is 12.3. The van der Waals surface area contributed by atoms with Gasteiger partial charge >= 0.3 is 6.18 Å². The topological polar surface area (TPSA) is 42.3 Å². The van der Waals surface area contributed by atoms with Crippen LogP contribution in [0.2, 0.25) is 0 Å². The average molecular weight is 433 g/mol. The summed E-state index contributed by atoms with van der Waals surface area (Å²) < 4.78 is 41.7. The molecule has 0 atom stereocenters. The second kappa shape index (κ2) is 9.92. The highest BCUT2D eigenvalue weighted by molar-refractivity contribution is 7.97. The number of rotatable bonds is 5. The molecule has 0 amide bonds. The number of nitrogens with zero attached hydrogens (tertiary/aromatic N) is 3. The van der Waals surface area contributed by atoms with Crippen LogP contribution in [0.15, 0.2) is 82.1 Å². The first-order valence-electron chi connectivity index (χ1n) is 9.62. The Morgan fingerprint density at radius 2 is 1.83 bits per heavy atom. The number of alkyl halides is 3. The summed E-state index contributed by atoms with van der Waals surface area (Å²) in [4.78, 5) is 3.23. The molecule has 1 aromatic carbocycles. The van der Waals surface area contributed by atoms with Crippen LogP contribution in [0.1, 0.15) is 6.42 Å². The number of halogens is 3. The van der Waals surface area contributed by atoms with Gasteiger partial charge in [0, 0.05) is 55.6 Å². The summed E-state index contributed by atoms with van der Waals surface area (Å²) >= 11 is 1.71. The molecule has 1 saturated heterocycles. The normalized spacial score (nSPS) is 18.7. The van der Waals surface area contributed by atoms with Crippen molar-refractivity contribution < 1.29 is 13.2 Å². The van der Waals surface area contributed by atoms with Gasteiger partial charge < -0.3 is 10.2 Å². The van der Waals surface area contributed by atoms with E-state index in [1.807, 2.05) is 18.2 Å². The highest BCUT2D eigenvalue weighted by Crippen LogP contribution is 2.32. The van der Waals surface area contributed by atoms with Crippen LogP contribution in [0.4, 0.5) is 13.2 Å². The smallest absolute Gasteiger partial charge is 0.388 e. The Labute approximate surface area is 179 Å². The molecule has 1 aliphatic carbocycles. The van der Waals surface area contributed by atoms with E-state index >= 15 is 0 Å². The standard InChI is InChI=1S/C22H23F3N4S/c1-27-21-14-18(22(23,24)25)6-5-9-20(21)17(15-26)16-28-10-12-29(13-11-28)30-19-7-3-2-4-8-19/h2-4,6-9,14,16,27H,5,10-13H2,1H3/b17-16+. The molecule has 1 aromatic rings. The highest BCUT2D eigenvalue weighted by atomic mass is 32.2. The van der Waals surface area contributed by atoms with E-state index in [9.17, 15) is 18.4 Å². The molecule has 158 valence electrons. The third-order valence-corrected chi connectivity index (χ3v) is 5.93. The van der Waals surface area contributed by atoms with Crippen molar-refractivity contribution in [1.29, 1.82) is 5.26 Å². The summed E-state index contributed by atoms with van der Waals surface area (Å²) in [5.74, 6) is 0. The van der Waals surface area contributed by atoms with E-state index in [4.69, 9.17) is 0 Å². The zero-order valence-corrected chi connectivity index (χ0v) is 17.4. The molecular weight excluding hydrogens is 409 g/mol. The number of benzene rings is 1. The van der Waals surface area contributed by atoms with Gasteiger partial charge in [-0.3, -0.25) is 0 Å². The van der Waals surface area contributed by atoms with Gasteiger partial charge in [-0.2, -0.15) is 18.4 Å². The largest absolute Gasteiger partial charge is 0.416 e. The lowest BCUT2D eigenvalue weighted by Crippen LogP contribution is -2.40.